The van der Waals surface area contributed by atoms with Gasteiger partial charge in [0.2, 0.25) is 0 Å². The second-order valence-electron chi connectivity index (χ2n) is 3.36. The van der Waals surface area contributed by atoms with Crippen molar-refractivity contribution in [1.82, 2.24) is 4.98 Å². The van der Waals surface area contributed by atoms with Crippen LogP contribution in [0.1, 0.15) is 11.3 Å². The third-order valence-corrected chi connectivity index (χ3v) is 2.40. The lowest BCUT2D eigenvalue weighted by Gasteiger charge is -2.07. The normalized spacial score (nSPS) is 9.65. The summed E-state index contributed by atoms with van der Waals surface area (Å²) < 4.78 is 5.53. The van der Waals surface area contributed by atoms with Crippen LogP contribution in [0.5, 0.6) is 5.75 Å². The average Bonchev–Trinajstić information content (AvgIpc) is 2.38. The second kappa shape index (κ2) is 5.33. The fourth-order valence-electron chi connectivity index (χ4n) is 1.34. The minimum atomic E-state index is 0.315. The van der Waals surface area contributed by atoms with E-state index in [1.165, 1.54) is 0 Å². The van der Waals surface area contributed by atoms with Crippen LogP contribution < -0.4 is 4.74 Å². The third kappa shape index (κ3) is 2.96. The van der Waals surface area contributed by atoms with Crippen LogP contribution in [0.4, 0.5) is 0 Å². The molecule has 3 nitrogen and oxygen atoms in total. The van der Waals surface area contributed by atoms with Crippen LogP contribution in [-0.2, 0) is 6.61 Å². The Morgan fingerprint density at radius 1 is 1.29 bits per heavy atom. The number of aromatic nitrogens is 1. The van der Waals surface area contributed by atoms with Crippen LogP contribution in [-0.4, -0.2) is 4.98 Å². The van der Waals surface area contributed by atoms with E-state index in [1.807, 2.05) is 18.2 Å². The largest absolute Gasteiger partial charge is 0.486 e. The van der Waals surface area contributed by atoms with Crippen LogP contribution in [0.2, 0.25) is 5.02 Å². The molecule has 0 spiro atoms. The predicted octanol–water partition coefficient (Wildman–Crippen LogP) is 3.19. The summed E-state index contributed by atoms with van der Waals surface area (Å²) in [6.07, 6.45) is 1.70. The first-order valence-corrected chi connectivity index (χ1v) is 5.40. The van der Waals surface area contributed by atoms with Crippen LogP contribution >= 0.6 is 11.6 Å². The van der Waals surface area contributed by atoms with E-state index in [4.69, 9.17) is 21.6 Å². The van der Waals surface area contributed by atoms with Gasteiger partial charge in [-0.2, -0.15) is 5.26 Å². The molecule has 0 saturated carbocycles. The van der Waals surface area contributed by atoms with Gasteiger partial charge in [0.1, 0.15) is 18.4 Å². The molecule has 0 aliphatic rings. The lowest BCUT2D eigenvalue weighted by atomic mass is 10.2. The molecule has 4 heteroatoms. The lowest BCUT2D eigenvalue weighted by Crippen LogP contribution is -1.99. The molecule has 0 atom stereocenters. The Morgan fingerprint density at radius 2 is 2.18 bits per heavy atom. The number of halogens is 1. The van der Waals surface area contributed by atoms with E-state index in [2.05, 4.69) is 11.1 Å². The predicted molar refractivity (Wildman–Crippen MR) is 64.7 cm³/mol. The monoisotopic (exact) mass is 244 g/mol. The van der Waals surface area contributed by atoms with Crippen molar-refractivity contribution < 1.29 is 4.74 Å². The third-order valence-electron chi connectivity index (χ3n) is 2.17. The van der Waals surface area contributed by atoms with Gasteiger partial charge in [-0.15, -0.1) is 0 Å². The van der Waals surface area contributed by atoms with Crippen LogP contribution in [0.15, 0.2) is 42.6 Å². The van der Waals surface area contributed by atoms with Crippen LogP contribution in [0.25, 0.3) is 0 Å². The van der Waals surface area contributed by atoms with Crippen molar-refractivity contribution in [3.8, 4) is 11.8 Å². The first kappa shape index (κ1) is 11.4. The number of nitriles is 1. The molecule has 0 aliphatic heterocycles. The molecule has 0 N–H and O–H groups in total. The number of benzene rings is 1. The zero-order valence-corrected chi connectivity index (χ0v) is 9.69. The summed E-state index contributed by atoms with van der Waals surface area (Å²) in [6, 6.07) is 12.6. The topological polar surface area (TPSA) is 45.9 Å². The van der Waals surface area contributed by atoms with Crippen molar-refractivity contribution in [2.45, 2.75) is 6.61 Å². The molecule has 84 valence electrons. The SMILES string of the molecule is N#Cc1ccc(Cl)cc1OCc1ccccn1. The van der Waals surface area contributed by atoms with Crippen molar-refractivity contribution in [2.24, 2.45) is 0 Å². The minimum absolute atomic E-state index is 0.315. The number of hydrogen-bond donors (Lipinski definition) is 0. The molecule has 1 aromatic carbocycles. The molecule has 0 unspecified atom stereocenters. The molecule has 0 fully saturated rings. The standard InChI is InChI=1S/C13H9ClN2O/c14-11-5-4-10(8-15)13(7-11)17-9-12-3-1-2-6-16-12/h1-7H,9H2. The van der Waals surface area contributed by atoms with Gasteiger partial charge >= 0.3 is 0 Å². The Balaban J connectivity index is 2.14. The molecule has 1 aromatic heterocycles. The highest BCUT2D eigenvalue weighted by molar-refractivity contribution is 6.30. The summed E-state index contributed by atoms with van der Waals surface area (Å²) in [5.74, 6) is 0.477. The number of nitrogens with zero attached hydrogens (tertiary/aromatic N) is 2. The Bertz CT molecular complexity index is 549. The second-order valence-corrected chi connectivity index (χ2v) is 3.80. The molecular weight excluding hydrogens is 236 g/mol. The van der Waals surface area contributed by atoms with E-state index >= 15 is 0 Å². The maximum absolute atomic E-state index is 8.92. The van der Waals surface area contributed by atoms with Gasteiger partial charge in [0, 0.05) is 17.3 Å². The van der Waals surface area contributed by atoms with Gasteiger partial charge in [0.25, 0.3) is 0 Å². The molecule has 0 aliphatic carbocycles. The zero-order chi connectivity index (χ0) is 12.1. The summed E-state index contributed by atoms with van der Waals surface area (Å²) in [5, 5.41) is 9.46. The maximum atomic E-state index is 8.92. The fourth-order valence-corrected chi connectivity index (χ4v) is 1.51. The summed E-state index contributed by atoms with van der Waals surface area (Å²) in [7, 11) is 0. The van der Waals surface area contributed by atoms with E-state index in [-0.39, 0.29) is 0 Å². The van der Waals surface area contributed by atoms with E-state index in [0.29, 0.717) is 22.9 Å². The van der Waals surface area contributed by atoms with Crippen molar-refractivity contribution >= 4 is 11.6 Å². The smallest absolute Gasteiger partial charge is 0.139 e. The molecular formula is C13H9ClN2O. The lowest BCUT2D eigenvalue weighted by molar-refractivity contribution is 0.300. The Hall–Kier alpha value is -2.05. The maximum Gasteiger partial charge on any atom is 0.139 e. The molecule has 0 radical (unpaired) electrons. The Labute approximate surface area is 104 Å². The van der Waals surface area contributed by atoms with Crippen LogP contribution in [0.3, 0.4) is 0 Å². The van der Waals surface area contributed by atoms with Gasteiger partial charge in [-0.25, -0.2) is 0 Å². The van der Waals surface area contributed by atoms with Gasteiger partial charge in [-0.3, -0.25) is 4.98 Å². The van der Waals surface area contributed by atoms with E-state index < -0.39 is 0 Å². The molecule has 1 heterocycles. The summed E-state index contributed by atoms with van der Waals surface area (Å²) in [6.45, 7) is 0.315. The van der Waals surface area contributed by atoms with Gasteiger partial charge in [0.05, 0.1) is 11.3 Å². The Morgan fingerprint density at radius 3 is 2.88 bits per heavy atom. The Kier molecular flexibility index (Phi) is 3.59. The number of ether oxygens (including phenoxy) is 1. The number of rotatable bonds is 3. The van der Waals surface area contributed by atoms with Gasteiger partial charge in [-0.1, -0.05) is 17.7 Å². The first-order valence-electron chi connectivity index (χ1n) is 5.02. The summed E-state index contributed by atoms with van der Waals surface area (Å²) in [5.41, 5.74) is 1.27. The highest BCUT2D eigenvalue weighted by Gasteiger charge is 2.04. The van der Waals surface area contributed by atoms with Gasteiger partial charge in [-0.05, 0) is 24.3 Å². The quantitative estimate of drug-likeness (QED) is 0.833. The highest BCUT2D eigenvalue weighted by Crippen LogP contribution is 2.23. The molecule has 17 heavy (non-hydrogen) atoms. The molecule has 0 amide bonds. The zero-order valence-electron chi connectivity index (χ0n) is 8.93. The van der Waals surface area contributed by atoms with Crippen molar-refractivity contribution in [1.29, 1.82) is 5.26 Å². The van der Waals surface area contributed by atoms with E-state index in [1.54, 1.807) is 24.4 Å². The van der Waals surface area contributed by atoms with Crippen LogP contribution in [0, 0.1) is 11.3 Å². The van der Waals surface area contributed by atoms with Gasteiger partial charge in [0.15, 0.2) is 0 Å². The van der Waals surface area contributed by atoms with Crippen molar-refractivity contribution in [3.05, 3.63) is 58.9 Å². The number of hydrogen-bond acceptors (Lipinski definition) is 3. The first-order chi connectivity index (χ1) is 8.29. The minimum Gasteiger partial charge on any atom is -0.486 e. The van der Waals surface area contributed by atoms with Gasteiger partial charge < -0.3 is 4.74 Å². The van der Waals surface area contributed by atoms with Crippen molar-refractivity contribution in [2.75, 3.05) is 0 Å². The van der Waals surface area contributed by atoms with E-state index in [9.17, 15) is 0 Å². The fraction of sp³-hybridized carbons (Fsp3) is 0.0769. The molecule has 0 saturated heterocycles. The molecule has 0 bridgehead atoms. The van der Waals surface area contributed by atoms with E-state index in [0.717, 1.165) is 5.69 Å². The molecule has 2 rings (SSSR count). The summed E-state index contributed by atoms with van der Waals surface area (Å²) >= 11 is 5.85. The highest BCUT2D eigenvalue weighted by atomic mass is 35.5. The van der Waals surface area contributed by atoms with Crippen molar-refractivity contribution in [3.63, 3.8) is 0 Å². The number of pyridine rings is 1. The summed E-state index contributed by atoms with van der Waals surface area (Å²) in [4.78, 5) is 4.13. The molecule has 2 aromatic rings. The average molecular weight is 245 g/mol.